The molecule has 368 valence electrons. The Morgan fingerprint density at radius 1 is 0.333 bits per heavy atom. The SMILES string of the molecule is Cc1ccc(OP(Oc2ccc(C)cc2C)Oc2c(-c3cc(C(C)(C)C)cc(C(C)(C)C)c3OP(Oc3ccc(C)cc3C)Oc3ccc(C)cc3C)cc(OC(C)(C)C)cc2C(C)(C)C)c(C)c1. The van der Waals surface area contributed by atoms with Crippen molar-refractivity contribution in [3.63, 3.8) is 0 Å². The van der Waals surface area contributed by atoms with E-state index in [1.54, 1.807) is 0 Å². The van der Waals surface area contributed by atoms with Crippen molar-refractivity contribution in [1.82, 2.24) is 0 Å². The molecular weight excluding hydrogens is 895 g/mol. The molecule has 0 atom stereocenters. The summed E-state index contributed by atoms with van der Waals surface area (Å²) in [6.07, 6.45) is 0. The van der Waals surface area contributed by atoms with Gasteiger partial charge in [0.15, 0.2) is 0 Å². The van der Waals surface area contributed by atoms with Crippen LogP contribution in [0.15, 0.2) is 97.1 Å². The Morgan fingerprint density at radius 2 is 0.652 bits per heavy atom. The van der Waals surface area contributed by atoms with Gasteiger partial charge in [-0.1, -0.05) is 139 Å². The molecule has 0 saturated carbocycles. The lowest BCUT2D eigenvalue weighted by Gasteiger charge is -2.33. The number of ether oxygens (including phenoxy) is 1. The molecular formula is C60H76O7P2. The molecule has 6 aromatic carbocycles. The fourth-order valence-corrected chi connectivity index (χ4v) is 10.4. The maximum absolute atomic E-state index is 7.44. The van der Waals surface area contributed by atoms with Crippen LogP contribution in [0.1, 0.15) is 144 Å². The Morgan fingerprint density at radius 3 is 0.942 bits per heavy atom. The predicted octanol–water partition coefficient (Wildman–Crippen LogP) is 18.4. The van der Waals surface area contributed by atoms with Crippen LogP contribution in [0.2, 0.25) is 0 Å². The third kappa shape index (κ3) is 13.8. The molecule has 0 fully saturated rings. The van der Waals surface area contributed by atoms with Crippen LogP contribution in [0, 0.1) is 55.4 Å². The highest BCUT2D eigenvalue weighted by molar-refractivity contribution is 7.43. The van der Waals surface area contributed by atoms with Gasteiger partial charge in [-0.2, -0.15) is 0 Å². The minimum atomic E-state index is -2.14. The van der Waals surface area contributed by atoms with Crippen molar-refractivity contribution in [2.24, 2.45) is 0 Å². The molecule has 0 aliphatic heterocycles. The molecule has 0 N–H and O–H groups in total. The average Bonchev–Trinajstić information content (AvgIpc) is 3.20. The number of hydrogen-bond acceptors (Lipinski definition) is 7. The lowest BCUT2D eigenvalue weighted by Crippen LogP contribution is -2.24. The molecule has 6 aromatic rings. The van der Waals surface area contributed by atoms with Gasteiger partial charge in [-0.25, -0.2) is 0 Å². The third-order valence-corrected chi connectivity index (χ3v) is 13.7. The summed E-state index contributed by atoms with van der Waals surface area (Å²) in [5.74, 6) is 4.61. The summed E-state index contributed by atoms with van der Waals surface area (Å²) in [5.41, 5.74) is 11.4. The maximum atomic E-state index is 7.44. The van der Waals surface area contributed by atoms with Crippen LogP contribution in [0.5, 0.6) is 40.2 Å². The summed E-state index contributed by atoms with van der Waals surface area (Å²) in [7, 11) is -4.27. The van der Waals surface area contributed by atoms with E-state index in [0.717, 1.165) is 72.3 Å². The van der Waals surface area contributed by atoms with E-state index in [1.807, 2.05) is 76.2 Å². The van der Waals surface area contributed by atoms with E-state index in [4.69, 9.17) is 31.9 Å². The second kappa shape index (κ2) is 20.6. The number of aryl methyl sites for hydroxylation is 8. The zero-order valence-corrected chi connectivity index (χ0v) is 46.8. The minimum Gasteiger partial charge on any atom is -0.488 e. The molecule has 9 heteroatoms. The van der Waals surface area contributed by atoms with Gasteiger partial charge in [0.25, 0.3) is 0 Å². The Labute approximate surface area is 417 Å². The standard InChI is InChI=1S/C60H76O7P2/c1-37-21-25-51(41(5)29-37)62-68(63-52-26-22-38(2)30-42(52)6)66-55-47(33-45(57(9,10)11)34-49(55)58(12,13)14)48-35-46(61-60(18,19)20)36-50(59(15,16)17)56(48)67-69(64-53-27-23-39(3)31-43(53)7)65-54-28-24-40(4)32-44(54)8/h21-36H,1-20H3. The first-order valence-electron chi connectivity index (χ1n) is 24.0. The summed E-state index contributed by atoms with van der Waals surface area (Å²) in [6.45, 7) is 42.7. The van der Waals surface area contributed by atoms with Crippen LogP contribution in [-0.2, 0) is 16.2 Å². The van der Waals surface area contributed by atoms with Gasteiger partial charge in [0, 0.05) is 22.3 Å². The van der Waals surface area contributed by atoms with Crippen molar-refractivity contribution in [3.05, 3.63) is 158 Å². The molecule has 7 nitrogen and oxygen atoms in total. The molecule has 0 aromatic heterocycles. The molecule has 0 bridgehead atoms. The van der Waals surface area contributed by atoms with E-state index in [2.05, 4.69) is 159 Å². The first kappa shape index (κ1) is 53.1. The first-order valence-corrected chi connectivity index (χ1v) is 26.2. The summed E-state index contributed by atoms with van der Waals surface area (Å²) in [4.78, 5) is 0. The minimum absolute atomic E-state index is 0.263. The molecule has 0 aliphatic carbocycles. The Hall–Kier alpha value is -5.22. The quantitative estimate of drug-likeness (QED) is 0.101. The van der Waals surface area contributed by atoms with Gasteiger partial charge in [0.1, 0.15) is 45.8 Å². The molecule has 0 aliphatic rings. The van der Waals surface area contributed by atoms with Crippen molar-refractivity contribution < 1.29 is 31.9 Å². The zero-order chi connectivity index (χ0) is 51.0. The fraction of sp³-hybridized carbons (Fsp3) is 0.400. The Kier molecular flexibility index (Phi) is 15.9. The molecule has 0 amide bonds. The molecule has 0 heterocycles. The van der Waals surface area contributed by atoms with Crippen LogP contribution < -0.4 is 31.9 Å². The van der Waals surface area contributed by atoms with Crippen LogP contribution >= 0.6 is 17.2 Å². The highest BCUT2D eigenvalue weighted by atomic mass is 31.2. The van der Waals surface area contributed by atoms with E-state index in [1.165, 1.54) is 0 Å². The van der Waals surface area contributed by atoms with E-state index >= 15 is 0 Å². The second-order valence-electron chi connectivity index (χ2n) is 22.8. The lowest BCUT2D eigenvalue weighted by atomic mass is 9.77. The van der Waals surface area contributed by atoms with E-state index in [-0.39, 0.29) is 5.41 Å². The normalized spacial score (nSPS) is 12.3. The van der Waals surface area contributed by atoms with Gasteiger partial charge in [-0.15, -0.1) is 0 Å². The highest BCUT2D eigenvalue weighted by Gasteiger charge is 2.36. The lowest BCUT2D eigenvalue weighted by molar-refractivity contribution is 0.130. The summed E-state index contributed by atoms with van der Waals surface area (Å²) < 4.78 is 49.3. The van der Waals surface area contributed by atoms with Crippen molar-refractivity contribution in [2.75, 3.05) is 0 Å². The van der Waals surface area contributed by atoms with Crippen molar-refractivity contribution in [1.29, 1.82) is 0 Å². The van der Waals surface area contributed by atoms with Crippen molar-refractivity contribution in [3.8, 4) is 51.4 Å². The molecule has 0 radical (unpaired) electrons. The van der Waals surface area contributed by atoms with Crippen molar-refractivity contribution >= 4 is 17.2 Å². The van der Waals surface area contributed by atoms with Crippen LogP contribution in [0.3, 0.4) is 0 Å². The largest absolute Gasteiger partial charge is 0.530 e. The van der Waals surface area contributed by atoms with Crippen molar-refractivity contribution in [2.45, 2.75) is 160 Å². The molecule has 69 heavy (non-hydrogen) atoms. The Bertz CT molecular complexity index is 2690. The maximum Gasteiger partial charge on any atom is 0.530 e. The van der Waals surface area contributed by atoms with Gasteiger partial charge in [-0.05, 0) is 163 Å². The topological polar surface area (TPSA) is 64.6 Å². The smallest absolute Gasteiger partial charge is 0.488 e. The van der Waals surface area contributed by atoms with E-state index in [0.29, 0.717) is 40.2 Å². The van der Waals surface area contributed by atoms with Gasteiger partial charge < -0.3 is 31.9 Å². The van der Waals surface area contributed by atoms with Crippen LogP contribution in [0.25, 0.3) is 11.1 Å². The van der Waals surface area contributed by atoms with Gasteiger partial charge in [-0.3, -0.25) is 0 Å². The summed E-state index contributed by atoms with van der Waals surface area (Å²) in [5, 5.41) is 0. The molecule has 0 spiro atoms. The summed E-state index contributed by atoms with van der Waals surface area (Å²) in [6, 6.07) is 33.3. The number of rotatable bonds is 14. The number of hydrogen-bond donors (Lipinski definition) is 0. The molecule has 0 unspecified atom stereocenters. The Balaban J connectivity index is 1.70. The highest BCUT2D eigenvalue weighted by Crippen LogP contribution is 2.56. The molecule has 0 saturated heterocycles. The molecule has 6 rings (SSSR count). The van der Waals surface area contributed by atoms with Crippen LogP contribution in [-0.4, -0.2) is 5.60 Å². The van der Waals surface area contributed by atoms with Crippen LogP contribution in [0.4, 0.5) is 0 Å². The summed E-state index contributed by atoms with van der Waals surface area (Å²) >= 11 is 0. The zero-order valence-electron chi connectivity index (χ0n) is 45.0. The first-order chi connectivity index (χ1) is 31.9. The van der Waals surface area contributed by atoms with Gasteiger partial charge >= 0.3 is 17.2 Å². The van der Waals surface area contributed by atoms with E-state index in [9.17, 15) is 0 Å². The fourth-order valence-electron chi connectivity index (χ4n) is 7.98. The number of benzene rings is 6. The second-order valence-corrected chi connectivity index (χ2v) is 24.8. The van der Waals surface area contributed by atoms with Gasteiger partial charge in [0.05, 0.1) is 0 Å². The average molecular weight is 971 g/mol. The van der Waals surface area contributed by atoms with E-state index < -0.39 is 33.6 Å². The monoisotopic (exact) mass is 971 g/mol. The van der Waals surface area contributed by atoms with Gasteiger partial charge in [0.2, 0.25) is 0 Å². The predicted molar refractivity (Wildman–Crippen MR) is 290 cm³/mol. The third-order valence-electron chi connectivity index (χ3n) is 11.7.